The molecule has 2 aromatic heterocycles. The second-order valence-corrected chi connectivity index (χ2v) is 9.71. The van der Waals surface area contributed by atoms with Crippen LogP contribution in [0.25, 0.3) is 22.2 Å². The van der Waals surface area contributed by atoms with Crippen molar-refractivity contribution in [1.82, 2.24) is 19.9 Å². The zero-order chi connectivity index (χ0) is 23.9. The van der Waals surface area contributed by atoms with Crippen molar-refractivity contribution in [3.8, 4) is 16.9 Å². The molecular weight excluding hydrogens is 438 g/mol. The van der Waals surface area contributed by atoms with Gasteiger partial charge < -0.3 is 20.4 Å². The Morgan fingerprint density at radius 1 is 1.17 bits per heavy atom. The maximum absolute atomic E-state index is 11.3. The lowest BCUT2D eigenvalue weighted by atomic mass is 9.80. The highest BCUT2D eigenvalue weighted by molar-refractivity contribution is 6.00. The molecule has 0 radical (unpaired) electrons. The van der Waals surface area contributed by atoms with Crippen LogP contribution in [-0.2, 0) is 11.2 Å². The third kappa shape index (κ3) is 4.01. The van der Waals surface area contributed by atoms with E-state index in [2.05, 4.69) is 68.5 Å². The highest BCUT2D eigenvalue weighted by Gasteiger charge is 2.32. The van der Waals surface area contributed by atoms with E-state index in [0.29, 0.717) is 17.8 Å². The molecule has 2 aliphatic rings. The highest BCUT2D eigenvalue weighted by Crippen LogP contribution is 2.44. The minimum absolute atomic E-state index is 0.0202. The third-order valence-corrected chi connectivity index (χ3v) is 7.38. The maximum Gasteiger partial charge on any atom is 0.216 e. The number of hydrogen-bond acceptors (Lipinski definition) is 5. The number of amides is 1. The number of nitrogens with two attached hydrogens (primary N) is 1. The molecule has 0 bridgehead atoms. The van der Waals surface area contributed by atoms with Crippen molar-refractivity contribution in [3.05, 3.63) is 72.2 Å². The van der Waals surface area contributed by atoms with E-state index in [1.54, 1.807) is 6.92 Å². The van der Waals surface area contributed by atoms with Gasteiger partial charge in [-0.1, -0.05) is 42.5 Å². The van der Waals surface area contributed by atoms with Crippen molar-refractivity contribution < 1.29 is 9.53 Å². The quantitative estimate of drug-likeness (QED) is 0.438. The number of hydrogen-bond donors (Lipinski definition) is 2. The van der Waals surface area contributed by atoms with Gasteiger partial charge in [-0.15, -0.1) is 0 Å². The Morgan fingerprint density at radius 2 is 2.00 bits per heavy atom. The van der Waals surface area contributed by atoms with E-state index in [4.69, 9.17) is 10.5 Å². The van der Waals surface area contributed by atoms with E-state index >= 15 is 0 Å². The number of aromatic nitrogens is 3. The first-order valence-corrected chi connectivity index (χ1v) is 12.3. The van der Waals surface area contributed by atoms with Gasteiger partial charge in [-0.05, 0) is 54.4 Å². The number of nitrogen functional groups attached to an aromatic ring is 1. The summed E-state index contributed by atoms with van der Waals surface area (Å²) >= 11 is 0. The summed E-state index contributed by atoms with van der Waals surface area (Å²) in [7, 11) is 0. The van der Waals surface area contributed by atoms with Crippen LogP contribution in [-0.4, -0.2) is 27.0 Å². The van der Waals surface area contributed by atoms with Crippen molar-refractivity contribution in [2.75, 3.05) is 12.3 Å². The van der Waals surface area contributed by atoms with Crippen LogP contribution in [0.5, 0.6) is 5.75 Å². The number of aryl methyl sites for hydroxylation is 1. The minimum Gasteiger partial charge on any atom is -0.485 e. The molecule has 1 amide bonds. The SMILES string of the molecule is CC(=O)NC[C@H]1C[C@@H](n2cc(-c3ccc4c(c3)O[C@@H](c3ccccc3)CC4)c3c(N)ncnc32)C1. The van der Waals surface area contributed by atoms with Crippen LogP contribution in [0.4, 0.5) is 5.82 Å². The number of anilines is 1. The largest absolute Gasteiger partial charge is 0.485 e. The molecule has 1 aliphatic carbocycles. The normalized spacial score (nSPS) is 21.1. The van der Waals surface area contributed by atoms with Crippen LogP contribution < -0.4 is 15.8 Å². The van der Waals surface area contributed by atoms with Crippen LogP contribution in [0, 0.1) is 5.92 Å². The first-order valence-electron chi connectivity index (χ1n) is 12.3. The van der Waals surface area contributed by atoms with Crippen LogP contribution >= 0.6 is 0 Å². The van der Waals surface area contributed by atoms with Gasteiger partial charge >= 0.3 is 0 Å². The predicted molar refractivity (Wildman–Crippen MR) is 136 cm³/mol. The maximum atomic E-state index is 11.3. The zero-order valence-electron chi connectivity index (χ0n) is 19.8. The number of ether oxygens (including phenoxy) is 1. The van der Waals surface area contributed by atoms with E-state index in [0.717, 1.165) is 60.1 Å². The molecule has 3 heterocycles. The molecule has 1 saturated carbocycles. The van der Waals surface area contributed by atoms with Crippen molar-refractivity contribution >= 4 is 22.8 Å². The molecule has 4 aromatic rings. The molecule has 2 aromatic carbocycles. The lowest BCUT2D eigenvalue weighted by Gasteiger charge is -2.36. The zero-order valence-corrected chi connectivity index (χ0v) is 19.8. The molecule has 7 heteroatoms. The number of benzene rings is 2. The summed E-state index contributed by atoms with van der Waals surface area (Å²) < 4.78 is 8.70. The Bertz CT molecular complexity index is 1390. The van der Waals surface area contributed by atoms with Gasteiger partial charge in [0.25, 0.3) is 0 Å². The lowest BCUT2D eigenvalue weighted by molar-refractivity contribution is -0.119. The van der Waals surface area contributed by atoms with Gasteiger partial charge in [-0.25, -0.2) is 9.97 Å². The number of carbonyl (C=O) groups is 1. The highest BCUT2D eigenvalue weighted by atomic mass is 16.5. The van der Waals surface area contributed by atoms with Gasteiger partial charge in [0, 0.05) is 31.3 Å². The molecule has 0 spiro atoms. The van der Waals surface area contributed by atoms with Crippen molar-refractivity contribution in [2.45, 2.75) is 44.8 Å². The summed E-state index contributed by atoms with van der Waals surface area (Å²) in [6.07, 6.45) is 7.71. The van der Waals surface area contributed by atoms with Crippen molar-refractivity contribution in [1.29, 1.82) is 0 Å². The Hall–Kier alpha value is -3.87. The molecule has 1 atom stereocenters. The van der Waals surface area contributed by atoms with Gasteiger partial charge in [0.05, 0.1) is 5.39 Å². The van der Waals surface area contributed by atoms with Gasteiger partial charge in [0.2, 0.25) is 5.91 Å². The van der Waals surface area contributed by atoms with E-state index in [1.807, 2.05) is 6.07 Å². The molecule has 35 heavy (non-hydrogen) atoms. The fraction of sp³-hybridized carbons (Fsp3) is 0.321. The smallest absolute Gasteiger partial charge is 0.216 e. The monoisotopic (exact) mass is 467 g/mol. The standard InChI is InChI=1S/C28H29N5O2/c1-17(34)30-14-18-11-22(12-18)33-15-23(26-27(29)31-16-32-28(26)33)21-8-7-20-9-10-24(35-25(20)13-21)19-5-3-2-4-6-19/h2-8,13,15-16,18,22,24H,9-12,14H2,1H3,(H,30,34)(H2,29,31,32)/t18-,22+,24-/m1/s1. The van der Waals surface area contributed by atoms with E-state index in [9.17, 15) is 4.79 Å². The average Bonchev–Trinajstić information content (AvgIpc) is 3.23. The van der Waals surface area contributed by atoms with Crippen LogP contribution in [0.3, 0.4) is 0 Å². The summed E-state index contributed by atoms with van der Waals surface area (Å²) in [5.74, 6) is 1.92. The van der Waals surface area contributed by atoms with E-state index in [-0.39, 0.29) is 12.0 Å². The molecule has 0 saturated heterocycles. The van der Waals surface area contributed by atoms with Crippen LogP contribution in [0.1, 0.15) is 49.5 Å². The van der Waals surface area contributed by atoms with E-state index in [1.165, 1.54) is 17.5 Å². The van der Waals surface area contributed by atoms with Gasteiger partial charge in [-0.3, -0.25) is 4.79 Å². The fourth-order valence-electron chi connectivity index (χ4n) is 5.43. The molecule has 1 aliphatic heterocycles. The Labute approximate surface area is 204 Å². The summed E-state index contributed by atoms with van der Waals surface area (Å²) in [4.78, 5) is 20.1. The van der Waals surface area contributed by atoms with Crippen molar-refractivity contribution in [3.63, 3.8) is 0 Å². The minimum atomic E-state index is 0.0202. The van der Waals surface area contributed by atoms with Gasteiger partial charge in [0.1, 0.15) is 29.6 Å². The Kier molecular flexibility index (Phi) is 5.40. The van der Waals surface area contributed by atoms with Crippen LogP contribution in [0.2, 0.25) is 0 Å². The molecule has 1 fully saturated rings. The number of carbonyl (C=O) groups excluding carboxylic acids is 1. The molecule has 178 valence electrons. The van der Waals surface area contributed by atoms with Crippen LogP contribution in [0.15, 0.2) is 61.1 Å². The molecule has 0 unspecified atom stereocenters. The molecule has 3 N–H and O–H groups in total. The molecule has 7 nitrogen and oxygen atoms in total. The number of nitrogens with one attached hydrogen (secondary N) is 1. The fourth-order valence-corrected chi connectivity index (χ4v) is 5.43. The average molecular weight is 468 g/mol. The Balaban J connectivity index is 1.32. The first-order chi connectivity index (χ1) is 17.1. The number of rotatable bonds is 5. The summed E-state index contributed by atoms with van der Waals surface area (Å²) in [5.41, 5.74) is 11.7. The second kappa shape index (κ2) is 8.73. The second-order valence-electron chi connectivity index (χ2n) is 9.71. The predicted octanol–water partition coefficient (Wildman–Crippen LogP) is 4.83. The topological polar surface area (TPSA) is 95.1 Å². The lowest BCUT2D eigenvalue weighted by Crippen LogP contribution is -2.36. The summed E-state index contributed by atoms with van der Waals surface area (Å²) in [6, 6.07) is 17.2. The summed E-state index contributed by atoms with van der Waals surface area (Å²) in [6.45, 7) is 2.28. The third-order valence-electron chi connectivity index (χ3n) is 7.38. The number of nitrogens with zero attached hydrogens (tertiary/aromatic N) is 3. The molecule has 6 rings (SSSR count). The van der Waals surface area contributed by atoms with Crippen molar-refractivity contribution in [2.24, 2.45) is 5.92 Å². The first kappa shape index (κ1) is 21.6. The van der Waals surface area contributed by atoms with Gasteiger partial charge in [0.15, 0.2) is 0 Å². The summed E-state index contributed by atoms with van der Waals surface area (Å²) in [5, 5.41) is 3.82. The van der Waals surface area contributed by atoms with Gasteiger partial charge in [-0.2, -0.15) is 0 Å². The number of fused-ring (bicyclic) bond motifs is 2. The molecular formula is C28H29N5O2. The Morgan fingerprint density at radius 3 is 2.80 bits per heavy atom. The van der Waals surface area contributed by atoms with E-state index < -0.39 is 0 Å².